The predicted molar refractivity (Wildman–Crippen MR) is 58.1 cm³/mol. The van der Waals surface area contributed by atoms with Gasteiger partial charge in [0.25, 0.3) is 0 Å². The molecule has 14 heavy (non-hydrogen) atoms. The molecule has 0 aromatic carbocycles. The van der Waals surface area contributed by atoms with E-state index in [0.717, 1.165) is 24.7 Å². The Morgan fingerprint density at radius 3 is 2.36 bits per heavy atom. The van der Waals surface area contributed by atoms with Gasteiger partial charge in [-0.1, -0.05) is 20.3 Å². The maximum Gasteiger partial charge on any atom is 0.132 e. The average molecular weight is 194 g/mol. The Hall–Kier alpha value is -0.330. The van der Waals surface area contributed by atoms with Crippen molar-refractivity contribution in [2.45, 2.75) is 58.8 Å². The fraction of sp³-hybridized carbons (Fsp3) is 0.923. The Kier molecular flexibility index (Phi) is 2.68. The normalized spacial score (nSPS) is 37.4. The van der Waals surface area contributed by atoms with E-state index in [4.69, 9.17) is 0 Å². The van der Waals surface area contributed by atoms with Crippen LogP contribution in [-0.2, 0) is 4.79 Å². The SMILES string of the molecule is CC1CCC2(CCC(=O)CC2)C(C)C1. The van der Waals surface area contributed by atoms with Crippen molar-refractivity contribution < 1.29 is 4.79 Å². The van der Waals surface area contributed by atoms with Gasteiger partial charge in [-0.05, 0) is 42.9 Å². The van der Waals surface area contributed by atoms with Crippen LogP contribution in [0.3, 0.4) is 0 Å². The second kappa shape index (κ2) is 3.67. The highest BCUT2D eigenvalue weighted by atomic mass is 16.1. The molecule has 2 fully saturated rings. The number of carbonyl (C=O) groups is 1. The van der Waals surface area contributed by atoms with Gasteiger partial charge in [0.05, 0.1) is 0 Å². The molecule has 0 radical (unpaired) electrons. The van der Waals surface area contributed by atoms with Gasteiger partial charge in [0.1, 0.15) is 5.78 Å². The first-order valence-corrected chi connectivity index (χ1v) is 6.14. The van der Waals surface area contributed by atoms with Crippen molar-refractivity contribution in [2.24, 2.45) is 17.3 Å². The summed E-state index contributed by atoms with van der Waals surface area (Å²) in [5, 5.41) is 0. The molecule has 2 saturated carbocycles. The maximum atomic E-state index is 11.3. The zero-order chi connectivity index (χ0) is 10.2. The van der Waals surface area contributed by atoms with Crippen molar-refractivity contribution >= 4 is 5.78 Å². The van der Waals surface area contributed by atoms with Crippen LogP contribution in [-0.4, -0.2) is 5.78 Å². The highest BCUT2D eigenvalue weighted by Gasteiger charge is 2.41. The molecule has 0 N–H and O–H groups in total. The summed E-state index contributed by atoms with van der Waals surface area (Å²) in [4.78, 5) is 11.3. The lowest BCUT2D eigenvalue weighted by Crippen LogP contribution is -2.38. The van der Waals surface area contributed by atoms with Gasteiger partial charge in [-0.2, -0.15) is 0 Å². The molecule has 0 amide bonds. The molecule has 2 rings (SSSR count). The van der Waals surface area contributed by atoms with Crippen molar-refractivity contribution in [3.8, 4) is 0 Å². The Bertz CT molecular complexity index is 221. The fourth-order valence-electron chi connectivity index (χ4n) is 3.52. The molecule has 0 saturated heterocycles. The number of hydrogen-bond donors (Lipinski definition) is 0. The first-order valence-electron chi connectivity index (χ1n) is 6.14. The standard InChI is InChI=1S/C13H22O/c1-10-3-6-13(11(2)9-10)7-4-12(14)5-8-13/h10-11H,3-9H2,1-2H3. The zero-order valence-corrected chi connectivity index (χ0v) is 9.51. The van der Waals surface area contributed by atoms with Gasteiger partial charge in [0, 0.05) is 12.8 Å². The summed E-state index contributed by atoms with van der Waals surface area (Å²) in [6.07, 6.45) is 8.23. The molecule has 0 aromatic heterocycles. The second-order valence-electron chi connectivity index (χ2n) is 5.68. The van der Waals surface area contributed by atoms with Crippen molar-refractivity contribution in [3.05, 3.63) is 0 Å². The molecule has 80 valence electrons. The molecule has 0 heterocycles. The largest absolute Gasteiger partial charge is 0.300 e. The summed E-state index contributed by atoms with van der Waals surface area (Å²) in [7, 11) is 0. The number of ketones is 1. The summed E-state index contributed by atoms with van der Waals surface area (Å²) >= 11 is 0. The van der Waals surface area contributed by atoms with Crippen LogP contribution in [0.1, 0.15) is 58.8 Å². The Balaban J connectivity index is 2.04. The van der Waals surface area contributed by atoms with Gasteiger partial charge in [0.15, 0.2) is 0 Å². The summed E-state index contributed by atoms with van der Waals surface area (Å²) < 4.78 is 0. The van der Waals surface area contributed by atoms with Crippen LogP contribution in [0.4, 0.5) is 0 Å². The molecular formula is C13H22O. The molecule has 2 aliphatic rings. The monoisotopic (exact) mass is 194 g/mol. The van der Waals surface area contributed by atoms with Crippen LogP contribution in [0.25, 0.3) is 0 Å². The summed E-state index contributed by atoms with van der Waals surface area (Å²) in [6.45, 7) is 4.78. The summed E-state index contributed by atoms with van der Waals surface area (Å²) in [5.41, 5.74) is 0.556. The number of hydrogen-bond acceptors (Lipinski definition) is 1. The van der Waals surface area contributed by atoms with Gasteiger partial charge in [-0.3, -0.25) is 4.79 Å². The molecule has 0 bridgehead atoms. The lowest BCUT2D eigenvalue weighted by Gasteiger charge is -2.47. The smallest absolute Gasteiger partial charge is 0.132 e. The number of Topliss-reactive ketones (excluding diaryl/α,β-unsaturated/α-hetero) is 1. The minimum atomic E-state index is 0.501. The minimum absolute atomic E-state index is 0.501. The molecule has 1 heteroatoms. The molecule has 0 aliphatic heterocycles. The topological polar surface area (TPSA) is 17.1 Å². The van der Waals surface area contributed by atoms with Crippen molar-refractivity contribution in [3.63, 3.8) is 0 Å². The van der Waals surface area contributed by atoms with E-state index in [2.05, 4.69) is 13.8 Å². The third-order valence-electron chi connectivity index (χ3n) is 4.74. The molecular weight excluding hydrogens is 172 g/mol. The Labute approximate surface area is 87.3 Å². The van der Waals surface area contributed by atoms with Gasteiger partial charge < -0.3 is 0 Å². The lowest BCUT2D eigenvalue weighted by molar-refractivity contribution is -0.124. The van der Waals surface area contributed by atoms with E-state index in [1.165, 1.54) is 32.1 Å². The molecule has 1 nitrogen and oxygen atoms in total. The van der Waals surface area contributed by atoms with E-state index in [1.54, 1.807) is 0 Å². The van der Waals surface area contributed by atoms with E-state index in [1.807, 2.05) is 0 Å². The maximum absolute atomic E-state index is 11.3. The fourth-order valence-corrected chi connectivity index (χ4v) is 3.52. The van der Waals surface area contributed by atoms with Crippen molar-refractivity contribution in [2.75, 3.05) is 0 Å². The van der Waals surface area contributed by atoms with Crippen LogP contribution in [0.15, 0.2) is 0 Å². The van der Waals surface area contributed by atoms with Crippen molar-refractivity contribution in [1.29, 1.82) is 0 Å². The van der Waals surface area contributed by atoms with E-state index in [-0.39, 0.29) is 0 Å². The first kappa shape index (κ1) is 10.2. The molecule has 2 atom stereocenters. The summed E-state index contributed by atoms with van der Waals surface area (Å²) in [6, 6.07) is 0. The Morgan fingerprint density at radius 2 is 1.79 bits per heavy atom. The first-order chi connectivity index (χ1) is 6.62. The molecule has 2 aliphatic carbocycles. The van der Waals surface area contributed by atoms with Crippen LogP contribution in [0.5, 0.6) is 0 Å². The van der Waals surface area contributed by atoms with E-state index in [9.17, 15) is 4.79 Å². The minimum Gasteiger partial charge on any atom is -0.300 e. The zero-order valence-electron chi connectivity index (χ0n) is 9.51. The van der Waals surface area contributed by atoms with Crippen LogP contribution in [0, 0.1) is 17.3 Å². The third-order valence-corrected chi connectivity index (χ3v) is 4.74. The van der Waals surface area contributed by atoms with Crippen LogP contribution < -0.4 is 0 Å². The molecule has 0 aromatic rings. The summed E-state index contributed by atoms with van der Waals surface area (Å²) in [5.74, 6) is 2.26. The third kappa shape index (κ3) is 1.74. The average Bonchev–Trinajstić information content (AvgIpc) is 2.16. The van der Waals surface area contributed by atoms with Gasteiger partial charge in [-0.15, -0.1) is 0 Å². The van der Waals surface area contributed by atoms with Crippen molar-refractivity contribution in [1.82, 2.24) is 0 Å². The van der Waals surface area contributed by atoms with E-state index in [0.29, 0.717) is 11.2 Å². The van der Waals surface area contributed by atoms with E-state index >= 15 is 0 Å². The lowest BCUT2D eigenvalue weighted by atomic mass is 9.58. The second-order valence-corrected chi connectivity index (χ2v) is 5.68. The van der Waals surface area contributed by atoms with Gasteiger partial charge >= 0.3 is 0 Å². The quantitative estimate of drug-likeness (QED) is 0.576. The van der Waals surface area contributed by atoms with E-state index < -0.39 is 0 Å². The van der Waals surface area contributed by atoms with Gasteiger partial charge in [0.2, 0.25) is 0 Å². The highest BCUT2D eigenvalue weighted by Crippen LogP contribution is 2.51. The predicted octanol–water partition coefficient (Wildman–Crippen LogP) is 3.57. The van der Waals surface area contributed by atoms with Crippen LogP contribution >= 0.6 is 0 Å². The van der Waals surface area contributed by atoms with Gasteiger partial charge in [-0.25, -0.2) is 0 Å². The number of rotatable bonds is 0. The molecule has 1 spiro atoms. The number of carbonyl (C=O) groups excluding carboxylic acids is 1. The Morgan fingerprint density at radius 1 is 1.14 bits per heavy atom. The molecule has 2 unspecified atom stereocenters. The van der Waals surface area contributed by atoms with Crippen LogP contribution in [0.2, 0.25) is 0 Å². The highest BCUT2D eigenvalue weighted by molar-refractivity contribution is 5.79.